The highest BCUT2D eigenvalue weighted by Crippen LogP contribution is 2.41. The van der Waals surface area contributed by atoms with Gasteiger partial charge in [-0.1, -0.05) is 35.5 Å². The Kier molecular flexibility index (Phi) is 4.87. The van der Waals surface area contributed by atoms with Gasteiger partial charge in [0.15, 0.2) is 0 Å². The molecule has 0 radical (unpaired) electrons. The van der Waals surface area contributed by atoms with Crippen molar-refractivity contribution in [2.75, 3.05) is 0 Å². The number of hydrogen-bond donors (Lipinski definition) is 1. The van der Waals surface area contributed by atoms with Crippen molar-refractivity contribution in [3.63, 3.8) is 0 Å². The number of pyridine rings is 1. The molecular formula is C22H17ClN2O2S. The number of aromatic nitrogens is 2. The highest BCUT2D eigenvalue weighted by molar-refractivity contribution is 7.99. The Labute approximate surface area is 171 Å². The molecule has 2 aromatic carbocycles. The number of hydrogen-bond acceptors (Lipinski definition) is 3. The van der Waals surface area contributed by atoms with Crippen molar-refractivity contribution in [3.05, 3.63) is 82.8 Å². The number of carboxylic acids is 1. The van der Waals surface area contributed by atoms with Crippen LogP contribution < -0.4 is 0 Å². The van der Waals surface area contributed by atoms with E-state index in [2.05, 4.69) is 16.5 Å². The Hall–Kier alpha value is -2.76. The van der Waals surface area contributed by atoms with Crippen molar-refractivity contribution in [2.45, 2.75) is 23.6 Å². The second kappa shape index (κ2) is 7.34. The maximum atomic E-state index is 11.4. The first kappa shape index (κ1) is 18.6. The summed E-state index contributed by atoms with van der Waals surface area (Å²) in [7, 11) is 0. The van der Waals surface area contributed by atoms with Gasteiger partial charge in [-0.25, -0.2) is 4.79 Å². The maximum Gasteiger partial charge on any atom is 0.335 e. The van der Waals surface area contributed by atoms with Crippen molar-refractivity contribution >= 4 is 40.2 Å². The van der Waals surface area contributed by atoms with Gasteiger partial charge in [0.25, 0.3) is 0 Å². The summed E-state index contributed by atoms with van der Waals surface area (Å²) in [4.78, 5) is 17.6. The van der Waals surface area contributed by atoms with Crippen molar-refractivity contribution in [1.29, 1.82) is 0 Å². The van der Waals surface area contributed by atoms with Gasteiger partial charge in [0.2, 0.25) is 0 Å². The third kappa shape index (κ3) is 3.28. The number of carbonyl (C=O) groups is 1. The molecule has 0 atom stereocenters. The molecule has 0 unspecified atom stereocenters. The summed E-state index contributed by atoms with van der Waals surface area (Å²) >= 11 is 7.86. The van der Waals surface area contributed by atoms with Gasteiger partial charge in [0.1, 0.15) is 0 Å². The summed E-state index contributed by atoms with van der Waals surface area (Å²) < 4.78 is 2.13. The van der Waals surface area contributed by atoms with E-state index in [1.807, 2.05) is 49.5 Å². The molecule has 6 heteroatoms. The summed E-state index contributed by atoms with van der Waals surface area (Å²) in [6, 6.07) is 14.9. The first-order valence-corrected chi connectivity index (χ1v) is 9.88. The fourth-order valence-electron chi connectivity index (χ4n) is 3.26. The largest absolute Gasteiger partial charge is 0.478 e. The fourth-order valence-corrected chi connectivity index (χ4v) is 4.58. The van der Waals surface area contributed by atoms with Crippen molar-refractivity contribution < 1.29 is 9.90 Å². The Morgan fingerprint density at radius 2 is 1.96 bits per heavy atom. The van der Waals surface area contributed by atoms with Crippen LogP contribution in [0.2, 0.25) is 5.02 Å². The molecule has 4 aromatic rings. The van der Waals surface area contributed by atoms with E-state index in [0.29, 0.717) is 5.02 Å². The van der Waals surface area contributed by atoms with E-state index in [1.165, 1.54) is 0 Å². The van der Waals surface area contributed by atoms with E-state index in [0.717, 1.165) is 37.6 Å². The minimum atomic E-state index is -0.928. The molecule has 0 aliphatic rings. The lowest BCUT2D eigenvalue weighted by atomic mass is 10.1. The Morgan fingerprint density at radius 1 is 1.14 bits per heavy atom. The maximum absolute atomic E-state index is 11.4. The topological polar surface area (TPSA) is 55.1 Å². The molecule has 0 saturated heterocycles. The van der Waals surface area contributed by atoms with Gasteiger partial charge in [0.05, 0.1) is 23.0 Å². The van der Waals surface area contributed by atoms with Gasteiger partial charge in [-0.05, 0) is 55.8 Å². The van der Waals surface area contributed by atoms with Crippen LogP contribution in [0, 0.1) is 13.8 Å². The van der Waals surface area contributed by atoms with Crippen LogP contribution >= 0.6 is 23.4 Å². The number of nitrogens with zero attached hydrogens (tertiary/aromatic N) is 2. The summed E-state index contributed by atoms with van der Waals surface area (Å²) in [5.74, 6) is -0.928. The predicted octanol–water partition coefficient (Wildman–Crippen LogP) is 6.15. The SMILES string of the molecule is Cc1ccc(C(=O)O)cc1Sc1c(C)n(-c2cccnc2)c2cc(Cl)ccc12. The number of rotatable bonds is 4. The van der Waals surface area contributed by atoms with Gasteiger partial charge in [-0.2, -0.15) is 0 Å². The average molecular weight is 409 g/mol. The fraction of sp³-hybridized carbons (Fsp3) is 0.0909. The molecule has 2 heterocycles. The first-order chi connectivity index (χ1) is 13.5. The Bertz CT molecular complexity index is 1200. The lowest BCUT2D eigenvalue weighted by Crippen LogP contribution is -1.98. The zero-order chi connectivity index (χ0) is 19.8. The number of halogens is 1. The summed E-state index contributed by atoms with van der Waals surface area (Å²) in [5.41, 5.74) is 4.31. The molecule has 0 saturated carbocycles. The predicted molar refractivity (Wildman–Crippen MR) is 113 cm³/mol. The van der Waals surface area contributed by atoms with Crippen LogP contribution in [0.3, 0.4) is 0 Å². The molecule has 4 rings (SSSR count). The molecule has 0 fully saturated rings. The highest BCUT2D eigenvalue weighted by Gasteiger charge is 2.18. The monoisotopic (exact) mass is 408 g/mol. The molecule has 0 amide bonds. The molecule has 28 heavy (non-hydrogen) atoms. The molecular weight excluding hydrogens is 392 g/mol. The average Bonchev–Trinajstić information content (AvgIpc) is 2.94. The molecule has 140 valence electrons. The summed E-state index contributed by atoms with van der Waals surface area (Å²) in [6.45, 7) is 4.04. The lowest BCUT2D eigenvalue weighted by molar-refractivity contribution is 0.0696. The van der Waals surface area contributed by atoms with Crippen molar-refractivity contribution in [1.82, 2.24) is 9.55 Å². The molecule has 0 bridgehead atoms. The third-order valence-electron chi connectivity index (χ3n) is 4.66. The van der Waals surface area contributed by atoms with Crippen molar-refractivity contribution in [3.8, 4) is 5.69 Å². The van der Waals surface area contributed by atoms with Crippen LogP contribution in [0.25, 0.3) is 16.6 Å². The number of carboxylic acid groups (broad SMARTS) is 1. The molecule has 0 aliphatic carbocycles. The molecule has 0 aliphatic heterocycles. The Balaban J connectivity index is 1.93. The van der Waals surface area contributed by atoms with Crippen molar-refractivity contribution in [2.24, 2.45) is 0 Å². The van der Waals surface area contributed by atoms with E-state index in [1.54, 1.807) is 30.1 Å². The molecule has 2 aromatic heterocycles. The quantitative estimate of drug-likeness (QED) is 0.440. The second-order valence-electron chi connectivity index (χ2n) is 6.51. The number of aryl methyl sites for hydroxylation is 1. The molecule has 0 spiro atoms. The number of aromatic carboxylic acids is 1. The van der Waals surface area contributed by atoms with Crippen LogP contribution in [-0.2, 0) is 0 Å². The Morgan fingerprint density at radius 3 is 2.68 bits per heavy atom. The number of fused-ring (bicyclic) bond motifs is 1. The van der Waals surface area contributed by atoms with E-state index in [9.17, 15) is 9.90 Å². The van der Waals surface area contributed by atoms with Gasteiger partial charge in [0, 0.05) is 32.1 Å². The third-order valence-corrected chi connectivity index (χ3v) is 6.27. The van der Waals surface area contributed by atoms with E-state index >= 15 is 0 Å². The molecule has 4 nitrogen and oxygen atoms in total. The normalized spacial score (nSPS) is 11.1. The summed E-state index contributed by atoms with van der Waals surface area (Å²) in [5, 5.41) is 11.1. The zero-order valence-corrected chi connectivity index (χ0v) is 16.9. The van der Waals surface area contributed by atoms with Gasteiger partial charge in [-0.15, -0.1) is 0 Å². The van der Waals surface area contributed by atoms with Crippen LogP contribution in [0.5, 0.6) is 0 Å². The summed E-state index contributed by atoms with van der Waals surface area (Å²) in [6.07, 6.45) is 3.56. The molecule has 1 N–H and O–H groups in total. The van der Waals surface area contributed by atoms with Crippen LogP contribution in [0.4, 0.5) is 0 Å². The highest BCUT2D eigenvalue weighted by atomic mass is 35.5. The van der Waals surface area contributed by atoms with Crippen LogP contribution in [0.15, 0.2) is 70.7 Å². The van der Waals surface area contributed by atoms with Crippen LogP contribution in [0.1, 0.15) is 21.6 Å². The minimum absolute atomic E-state index is 0.282. The van der Waals surface area contributed by atoms with Gasteiger partial charge in [-0.3, -0.25) is 4.98 Å². The lowest BCUT2D eigenvalue weighted by Gasteiger charge is -2.09. The second-order valence-corrected chi connectivity index (χ2v) is 8.00. The van der Waals surface area contributed by atoms with Crippen LogP contribution in [-0.4, -0.2) is 20.6 Å². The smallest absolute Gasteiger partial charge is 0.335 e. The number of benzene rings is 2. The zero-order valence-electron chi connectivity index (χ0n) is 15.3. The van der Waals surface area contributed by atoms with E-state index in [4.69, 9.17) is 11.6 Å². The minimum Gasteiger partial charge on any atom is -0.478 e. The van der Waals surface area contributed by atoms with Gasteiger partial charge >= 0.3 is 5.97 Å². The standard InChI is InChI=1S/C22H17ClN2O2S/c1-13-5-6-15(22(26)27)10-20(13)28-21-14(2)25(17-4-3-9-24-12-17)19-11-16(23)7-8-18(19)21/h3-12H,1-2H3,(H,26,27). The first-order valence-electron chi connectivity index (χ1n) is 8.68. The van der Waals surface area contributed by atoms with Gasteiger partial charge < -0.3 is 9.67 Å². The van der Waals surface area contributed by atoms with E-state index < -0.39 is 5.97 Å². The van der Waals surface area contributed by atoms with E-state index in [-0.39, 0.29) is 5.56 Å².